The number of rotatable bonds is 10. The first-order valence-corrected chi connectivity index (χ1v) is 8.29. The van der Waals surface area contributed by atoms with Crippen molar-refractivity contribution < 1.29 is 4.74 Å². The van der Waals surface area contributed by atoms with Crippen LogP contribution in [0.3, 0.4) is 0 Å². The van der Waals surface area contributed by atoms with Crippen molar-refractivity contribution in [1.29, 1.82) is 0 Å². The van der Waals surface area contributed by atoms with Crippen LogP contribution in [0.2, 0.25) is 0 Å². The minimum absolute atomic E-state index is 0.784. The van der Waals surface area contributed by atoms with Gasteiger partial charge in [-0.3, -0.25) is 4.90 Å². The van der Waals surface area contributed by atoms with Crippen LogP contribution in [-0.4, -0.2) is 37.7 Å². The number of nitrogens with zero attached hydrogens (tertiary/aromatic N) is 1. The van der Waals surface area contributed by atoms with Crippen LogP contribution >= 0.6 is 0 Å². The van der Waals surface area contributed by atoms with Gasteiger partial charge >= 0.3 is 0 Å². The maximum Gasteiger partial charge on any atom is 0.119 e. The molecule has 0 saturated heterocycles. The maximum absolute atomic E-state index is 5.89. The molecular weight excluding hydrogens is 260 g/mol. The third-order valence-corrected chi connectivity index (χ3v) is 4.01. The first kappa shape index (κ1) is 16.3. The Morgan fingerprint density at radius 1 is 1.19 bits per heavy atom. The lowest BCUT2D eigenvalue weighted by Gasteiger charge is -2.23. The number of benzene rings is 1. The second-order valence-corrected chi connectivity index (χ2v) is 6.47. The second kappa shape index (κ2) is 8.40. The van der Waals surface area contributed by atoms with E-state index in [1.54, 1.807) is 0 Å². The average Bonchev–Trinajstić information content (AvgIpc) is 3.29. The van der Waals surface area contributed by atoms with E-state index in [2.05, 4.69) is 48.3 Å². The molecule has 3 nitrogen and oxygen atoms in total. The van der Waals surface area contributed by atoms with Gasteiger partial charge in [0.25, 0.3) is 0 Å². The van der Waals surface area contributed by atoms with Gasteiger partial charge in [-0.25, -0.2) is 0 Å². The van der Waals surface area contributed by atoms with Crippen molar-refractivity contribution in [2.24, 2.45) is 5.92 Å². The fourth-order valence-electron chi connectivity index (χ4n) is 2.53. The monoisotopic (exact) mass is 290 g/mol. The largest absolute Gasteiger partial charge is 0.492 e. The van der Waals surface area contributed by atoms with Crippen molar-refractivity contribution in [3.05, 3.63) is 29.8 Å². The average molecular weight is 290 g/mol. The van der Waals surface area contributed by atoms with Crippen LogP contribution in [0.1, 0.15) is 38.7 Å². The Kier molecular flexibility index (Phi) is 6.52. The van der Waals surface area contributed by atoms with Crippen LogP contribution in [0, 0.1) is 5.92 Å². The summed E-state index contributed by atoms with van der Waals surface area (Å²) in [7, 11) is 1.97. The van der Waals surface area contributed by atoms with Gasteiger partial charge in [-0.15, -0.1) is 0 Å². The predicted octanol–water partition coefficient (Wildman–Crippen LogP) is 3.30. The molecule has 1 aliphatic rings. The van der Waals surface area contributed by atoms with Gasteiger partial charge in [0.2, 0.25) is 0 Å². The minimum atomic E-state index is 0.784. The fourth-order valence-corrected chi connectivity index (χ4v) is 2.53. The van der Waals surface area contributed by atoms with E-state index in [0.717, 1.165) is 37.4 Å². The molecule has 1 aromatic rings. The van der Waals surface area contributed by atoms with Crippen LogP contribution in [0.15, 0.2) is 24.3 Å². The summed E-state index contributed by atoms with van der Waals surface area (Å²) in [6.45, 7) is 8.57. The molecule has 1 fully saturated rings. The Morgan fingerprint density at radius 3 is 2.48 bits per heavy atom. The summed E-state index contributed by atoms with van der Waals surface area (Å²) in [6, 6.07) is 9.22. The van der Waals surface area contributed by atoms with E-state index in [-0.39, 0.29) is 0 Å². The van der Waals surface area contributed by atoms with Gasteiger partial charge in [0, 0.05) is 19.1 Å². The lowest BCUT2D eigenvalue weighted by Crippen LogP contribution is -2.32. The van der Waals surface area contributed by atoms with Crippen molar-refractivity contribution in [1.82, 2.24) is 10.2 Å². The van der Waals surface area contributed by atoms with Crippen LogP contribution in [0.5, 0.6) is 5.75 Å². The SMILES string of the molecule is CNCc1ccc(OCCN(CCC(C)C)C2CC2)cc1. The quantitative estimate of drug-likeness (QED) is 0.715. The number of nitrogens with one attached hydrogen (secondary N) is 1. The van der Waals surface area contributed by atoms with Gasteiger partial charge in [0.15, 0.2) is 0 Å². The molecule has 118 valence electrons. The molecule has 1 aromatic carbocycles. The van der Waals surface area contributed by atoms with Crippen LogP contribution in [0.4, 0.5) is 0 Å². The molecule has 0 radical (unpaired) electrons. The van der Waals surface area contributed by atoms with Gasteiger partial charge in [0.05, 0.1) is 0 Å². The van der Waals surface area contributed by atoms with Gasteiger partial charge in [0.1, 0.15) is 12.4 Å². The fraction of sp³-hybridized carbons (Fsp3) is 0.667. The molecular formula is C18H30N2O. The highest BCUT2D eigenvalue weighted by Gasteiger charge is 2.28. The lowest BCUT2D eigenvalue weighted by atomic mass is 10.1. The zero-order valence-electron chi connectivity index (χ0n) is 13.8. The molecule has 1 N–H and O–H groups in total. The molecule has 0 atom stereocenters. The van der Waals surface area contributed by atoms with Gasteiger partial charge in [-0.2, -0.15) is 0 Å². The highest BCUT2D eigenvalue weighted by Crippen LogP contribution is 2.27. The lowest BCUT2D eigenvalue weighted by molar-refractivity contribution is 0.194. The molecule has 0 bridgehead atoms. The summed E-state index contributed by atoms with van der Waals surface area (Å²) in [5, 5.41) is 3.16. The van der Waals surface area contributed by atoms with E-state index in [4.69, 9.17) is 4.74 Å². The van der Waals surface area contributed by atoms with Crippen molar-refractivity contribution in [3.63, 3.8) is 0 Å². The Labute approximate surface area is 129 Å². The maximum atomic E-state index is 5.89. The van der Waals surface area contributed by atoms with E-state index in [1.165, 1.54) is 31.4 Å². The molecule has 0 spiro atoms. The molecule has 3 heteroatoms. The van der Waals surface area contributed by atoms with E-state index in [0.29, 0.717) is 0 Å². The van der Waals surface area contributed by atoms with Gasteiger partial charge < -0.3 is 10.1 Å². The Hall–Kier alpha value is -1.06. The first-order chi connectivity index (χ1) is 10.2. The topological polar surface area (TPSA) is 24.5 Å². The molecule has 1 aliphatic carbocycles. The van der Waals surface area contributed by atoms with Crippen LogP contribution in [0.25, 0.3) is 0 Å². The second-order valence-electron chi connectivity index (χ2n) is 6.47. The summed E-state index contributed by atoms with van der Waals surface area (Å²) in [5.41, 5.74) is 1.29. The highest BCUT2D eigenvalue weighted by molar-refractivity contribution is 5.27. The summed E-state index contributed by atoms with van der Waals surface area (Å²) in [4.78, 5) is 2.61. The molecule has 0 aliphatic heterocycles. The standard InChI is InChI=1S/C18H30N2O/c1-15(2)10-11-20(17-6-7-17)12-13-21-18-8-4-16(5-9-18)14-19-3/h4-5,8-9,15,17,19H,6-7,10-14H2,1-3H3. The summed E-state index contributed by atoms with van der Waals surface area (Å²) in [6.07, 6.45) is 4.03. The molecule has 0 amide bonds. The third-order valence-electron chi connectivity index (χ3n) is 4.01. The molecule has 0 aromatic heterocycles. The Morgan fingerprint density at radius 2 is 1.90 bits per heavy atom. The Bertz CT molecular complexity index is 398. The highest BCUT2D eigenvalue weighted by atomic mass is 16.5. The zero-order chi connectivity index (χ0) is 15.1. The van der Waals surface area contributed by atoms with Crippen LogP contribution in [-0.2, 0) is 6.54 Å². The van der Waals surface area contributed by atoms with Crippen LogP contribution < -0.4 is 10.1 Å². The van der Waals surface area contributed by atoms with Crippen molar-refractivity contribution in [2.45, 2.75) is 45.7 Å². The Balaban J connectivity index is 1.71. The van der Waals surface area contributed by atoms with Crippen molar-refractivity contribution in [3.8, 4) is 5.75 Å². The van der Waals surface area contributed by atoms with Crippen molar-refractivity contribution in [2.75, 3.05) is 26.7 Å². The molecule has 2 rings (SSSR count). The molecule has 0 heterocycles. The minimum Gasteiger partial charge on any atom is -0.492 e. The molecule has 1 saturated carbocycles. The smallest absolute Gasteiger partial charge is 0.119 e. The first-order valence-electron chi connectivity index (χ1n) is 8.29. The van der Waals surface area contributed by atoms with E-state index < -0.39 is 0 Å². The summed E-state index contributed by atoms with van der Waals surface area (Å²) >= 11 is 0. The summed E-state index contributed by atoms with van der Waals surface area (Å²) < 4.78 is 5.89. The van der Waals surface area contributed by atoms with Gasteiger partial charge in [-0.05, 0) is 56.5 Å². The molecule has 0 unspecified atom stereocenters. The van der Waals surface area contributed by atoms with E-state index in [9.17, 15) is 0 Å². The van der Waals surface area contributed by atoms with E-state index in [1.807, 2.05) is 7.05 Å². The normalized spacial score (nSPS) is 14.9. The van der Waals surface area contributed by atoms with Gasteiger partial charge in [-0.1, -0.05) is 26.0 Å². The van der Waals surface area contributed by atoms with Crippen molar-refractivity contribution >= 4 is 0 Å². The number of hydrogen-bond donors (Lipinski definition) is 1. The summed E-state index contributed by atoms with van der Waals surface area (Å²) in [5.74, 6) is 1.77. The molecule has 21 heavy (non-hydrogen) atoms. The third kappa shape index (κ3) is 6.06. The van der Waals surface area contributed by atoms with E-state index >= 15 is 0 Å². The number of hydrogen-bond acceptors (Lipinski definition) is 3. The zero-order valence-corrected chi connectivity index (χ0v) is 13.8. The predicted molar refractivity (Wildman–Crippen MR) is 88.8 cm³/mol. The number of ether oxygens (including phenoxy) is 1.